The van der Waals surface area contributed by atoms with Crippen molar-refractivity contribution in [1.82, 2.24) is 0 Å². The second-order valence-electron chi connectivity index (χ2n) is 5.52. The van der Waals surface area contributed by atoms with Gasteiger partial charge in [-0.1, -0.05) is 49.0 Å². The third-order valence-electron chi connectivity index (χ3n) is 4.20. The highest BCUT2D eigenvalue weighted by atomic mass is 14.8. The average Bonchev–Trinajstić information content (AvgIpc) is 2.98. The normalized spacial score (nSPS) is 14.3. The van der Waals surface area contributed by atoms with E-state index in [1.165, 1.54) is 40.7 Å². The predicted molar refractivity (Wildman–Crippen MR) is 92.1 cm³/mol. The molecule has 1 heteroatoms. The van der Waals surface area contributed by atoms with Crippen molar-refractivity contribution >= 4 is 16.8 Å². The van der Waals surface area contributed by atoms with Gasteiger partial charge in [-0.05, 0) is 60.7 Å². The van der Waals surface area contributed by atoms with Crippen molar-refractivity contribution < 1.29 is 0 Å². The summed E-state index contributed by atoms with van der Waals surface area (Å²) < 4.78 is 0. The fourth-order valence-electron chi connectivity index (χ4n) is 3.23. The van der Waals surface area contributed by atoms with E-state index in [-0.39, 0.29) is 0 Å². The molecular formula is C20H21N. The molecule has 1 nitrogen and oxygen atoms in total. The van der Waals surface area contributed by atoms with E-state index in [0.29, 0.717) is 0 Å². The minimum Gasteiger partial charge on any atom is -0.362 e. The minimum absolute atomic E-state index is 1.15. The van der Waals surface area contributed by atoms with Crippen molar-refractivity contribution in [2.24, 2.45) is 0 Å². The van der Waals surface area contributed by atoms with Gasteiger partial charge < -0.3 is 5.32 Å². The Labute approximate surface area is 127 Å². The Kier molecular flexibility index (Phi) is 3.92. The molecule has 1 N–H and O–H groups in total. The molecular weight excluding hydrogens is 254 g/mol. The van der Waals surface area contributed by atoms with Crippen LogP contribution in [0.1, 0.15) is 36.0 Å². The number of para-hydroxylation sites is 1. The molecule has 0 aromatic heterocycles. The van der Waals surface area contributed by atoms with Gasteiger partial charge in [0.25, 0.3) is 0 Å². The quantitative estimate of drug-likeness (QED) is 0.760. The van der Waals surface area contributed by atoms with Crippen molar-refractivity contribution in [2.75, 3.05) is 5.32 Å². The maximum Gasteiger partial charge on any atom is 0.0456 e. The van der Waals surface area contributed by atoms with Crippen LogP contribution in [0.2, 0.25) is 0 Å². The van der Waals surface area contributed by atoms with Crippen LogP contribution in [0.5, 0.6) is 0 Å². The second kappa shape index (κ2) is 6.01. The van der Waals surface area contributed by atoms with Gasteiger partial charge in [-0.15, -0.1) is 0 Å². The van der Waals surface area contributed by atoms with Crippen LogP contribution in [0.15, 0.2) is 61.3 Å². The zero-order valence-corrected chi connectivity index (χ0v) is 12.5. The number of nitrogens with one attached hydrogen (secondary N) is 1. The number of hydrogen-bond acceptors (Lipinski definition) is 1. The number of allylic oxidation sites excluding steroid dienone is 2. The summed E-state index contributed by atoms with van der Waals surface area (Å²) in [6.45, 7) is 5.99. The zero-order chi connectivity index (χ0) is 14.7. The Morgan fingerprint density at radius 2 is 1.52 bits per heavy atom. The molecule has 2 aromatic rings. The van der Waals surface area contributed by atoms with Gasteiger partial charge in [-0.2, -0.15) is 0 Å². The van der Waals surface area contributed by atoms with E-state index in [0.717, 1.165) is 12.1 Å². The van der Waals surface area contributed by atoms with Gasteiger partial charge in [0.1, 0.15) is 0 Å². The fraction of sp³-hybridized carbons (Fsp3) is 0.200. The Morgan fingerprint density at radius 3 is 2.24 bits per heavy atom. The molecule has 21 heavy (non-hydrogen) atoms. The number of benzene rings is 2. The highest BCUT2D eigenvalue weighted by Crippen LogP contribution is 2.42. The van der Waals surface area contributed by atoms with Gasteiger partial charge >= 0.3 is 0 Å². The van der Waals surface area contributed by atoms with Crippen LogP contribution in [0.3, 0.4) is 0 Å². The van der Waals surface area contributed by atoms with Crippen molar-refractivity contribution in [1.29, 1.82) is 0 Å². The number of anilines is 1. The molecule has 1 aliphatic carbocycles. The lowest BCUT2D eigenvalue weighted by atomic mass is 9.93. The van der Waals surface area contributed by atoms with Crippen LogP contribution in [0, 0.1) is 6.92 Å². The molecule has 0 aliphatic heterocycles. The lowest BCUT2D eigenvalue weighted by Gasteiger charge is -2.14. The van der Waals surface area contributed by atoms with Crippen LogP contribution in [0.4, 0.5) is 5.69 Å². The van der Waals surface area contributed by atoms with E-state index in [1.54, 1.807) is 6.20 Å². The second-order valence-corrected chi connectivity index (χ2v) is 5.52. The zero-order valence-electron chi connectivity index (χ0n) is 12.5. The number of hydrogen-bond donors (Lipinski definition) is 1. The van der Waals surface area contributed by atoms with Crippen LogP contribution >= 0.6 is 0 Å². The van der Waals surface area contributed by atoms with Crippen LogP contribution < -0.4 is 5.32 Å². The first kappa shape index (κ1) is 13.7. The van der Waals surface area contributed by atoms with Crippen LogP contribution in [-0.4, -0.2) is 0 Å². The smallest absolute Gasteiger partial charge is 0.0456 e. The van der Waals surface area contributed by atoms with Gasteiger partial charge in [0.05, 0.1) is 0 Å². The molecule has 1 aliphatic rings. The average molecular weight is 275 g/mol. The lowest BCUT2D eigenvalue weighted by Crippen LogP contribution is -1.95. The molecule has 2 aromatic carbocycles. The minimum atomic E-state index is 1.15. The Morgan fingerprint density at radius 1 is 0.905 bits per heavy atom. The third kappa shape index (κ3) is 2.64. The Bertz CT molecular complexity index is 694. The van der Waals surface area contributed by atoms with E-state index in [1.807, 2.05) is 0 Å². The highest BCUT2D eigenvalue weighted by Gasteiger charge is 2.20. The molecule has 0 atom stereocenters. The van der Waals surface area contributed by atoms with E-state index in [2.05, 4.69) is 67.4 Å². The molecule has 0 saturated heterocycles. The van der Waals surface area contributed by atoms with E-state index in [4.69, 9.17) is 0 Å². The Balaban J connectivity index is 2.14. The topological polar surface area (TPSA) is 12.0 Å². The van der Waals surface area contributed by atoms with Gasteiger partial charge in [-0.3, -0.25) is 0 Å². The van der Waals surface area contributed by atoms with E-state index < -0.39 is 0 Å². The number of aryl methyl sites for hydroxylation is 1. The molecule has 0 fully saturated rings. The van der Waals surface area contributed by atoms with Gasteiger partial charge in [0, 0.05) is 11.3 Å². The van der Waals surface area contributed by atoms with Crippen molar-refractivity contribution in [3.05, 3.63) is 78.0 Å². The molecule has 0 bridgehead atoms. The molecule has 0 spiro atoms. The monoisotopic (exact) mass is 275 g/mol. The first-order valence-corrected chi connectivity index (χ1v) is 7.56. The summed E-state index contributed by atoms with van der Waals surface area (Å²) in [6.07, 6.45) is 5.31. The van der Waals surface area contributed by atoms with E-state index >= 15 is 0 Å². The summed E-state index contributed by atoms with van der Waals surface area (Å²) >= 11 is 0. The van der Waals surface area contributed by atoms with Crippen molar-refractivity contribution in [3.8, 4) is 0 Å². The largest absolute Gasteiger partial charge is 0.362 e. The summed E-state index contributed by atoms with van der Waals surface area (Å²) in [6, 6.07) is 17.2. The lowest BCUT2D eigenvalue weighted by molar-refractivity contribution is 0.941. The summed E-state index contributed by atoms with van der Waals surface area (Å²) in [5.41, 5.74) is 8.21. The predicted octanol–water partition coefficient (Wildman–Crippen LogP) is 5.65. The van der Waals surface area contributed by atoms with Gasteiger partial charge in [0.2, 0.25) is 0 Å². The molecule has 0 amide bonds. The van der Waals surface area contributed by atoms with Crippen LogP contribution in [0.25, 0.3) is 11.1 Å². The Hall–Kier alpha value is -2.28. The first-order chi connectivity index (χ1) is 10.3. The van der Waals surface area contributed by atoms with Crippen molar-refractivity contribution in [3.63, 3.8) is 0 Å². The summed E-state index contributed by atoms with van der Waals surface area (Å²) in [5.74, 6) is 0. The van der Waals surface area contributed by atoms with Crippen LogP contribution in [-0.2, 0) is 0 Å². The molecule has 0 radical (unpaired) electrons. The molecule has 0 saturated carbocycles. The summed E-state index contributed by atoms with van der Waals surface area (Å²) in [7, 11) is 0. The molecule has 106 valence electrons. The maximum absolute atomic E-state index is 3.79. The maximum atomic E-state index is 3.79. The molecule has 0 heterocycles. The van der Waals surface area contributed by atoms with Crippen molar-refractivity contribution in [2.45, 2.75) is 26.2 Å². The fourth-order valence-corrected chi connectivity index (χ4v) is 3.23. The number of rotatable bonds is 4. The first-order valence-electron chi connectivity index (χ1n) is 7.56. The standard InChI is InChI=1S/C20H21N/c1-3-21-20-14-7-6-11-19(20)18-13-8-12-17(18)16-10-5-4-9-15(16)2/h3-7,9-11,14,21H,1,8,12-13H2,2H3. The van der Waals surface area contributed by atoms with Gasteiger partial charge in [0.15, 0.2) is 0 Å². The SMILES string of the molecule is C=CNc1ccccc1C1=C(c2ccccc2C)CCC1. The summed E-state index contributed by atoms with van der Waals surface area (Å²) in [4.78, 5) is 0. The summed E-state index contributed by atoms with van der Waals surface area (Å²) in [5, 5.41) is 3.27. The molecule has 3 rings (SSSR count). The molecule has 0 unspecified atom stereocenters. The van der Waals surface area contributed by atoms with Gasteiger partial charge in [-0.25, -0.2) is 0 Å². The van der Waals surface area contributed by atoms with E-state index in [9.17, 15) is 0 Å². The highest BCUT2D eigenvalue weighted by molar-refractivity contribution is 5.96. The third-order valence-corrected chi connectivity index (χ3v) is 4.20.